The van der Waals surface area contributed by atoms with Gasteiger partial charge in [0.05, 0.1) is 17.9 Å². The van der Waals surface area contributed by atoms with Crippen LogP contribution in [0.3, 0.4) is 0 Å². The molecule has 11 heteroatoms. The number of likely N-dealkylation sites (N-methyl/N-ethyl adjacent to an activating group) is 1. The minimum atomic E-state index is -0.878. The second-order valence-corrected chi connectivity index (χ2v) is 22.9. The third-order valence-electron chi connectivity index (χ3n) is 18.3. The predicted molar refractivity (Wildman–Crippen MR) is 225 cm³/mol. The van der Waals surface area contributed by atoms with Gasteiger partial charge in [-0.1, -0.05) is 67.9 Å². The first-order valence-corrected chi connectivity index (χ1v) is 23.1. The van der Waals surface area contributed by atoms with Gasteiger partial charge in [-0.3, -0.25) is 19.2 Å². The monoisotopic (exact) mass is 822 g/mol. The van der Waals surface area contributed by atoms with Crippen molar-refractivity contribution in [3.05, 3.63) is 27.7 Å². The number of aliphatic hydroxyl groups is 1. The summed E-state index contributed by atoms with van der Waals surface area (Å²) in [5, 5.41) is 24.5. The summed E-state index contributed by atoms with van der Waals surface area (Å²) in [6, 6.07) is 0. The Morgan fingerprint density at radius 3 is 2.21 bits per heavy atom. The molecule has 0 unspecified atom stereocenters. The number of carbonyl (C=O) groups excluding carboxylic acids is 3. The summed E-state index contributed by atoms with van der Waals surface area (Å²) in [7, 11) is 3.97. The number of amides is 1. The van der Waals surface area contributed by atoms with E-state index in [4.69, 9.17) is 4.74 Å². The van der Waals surface area contributed by atoms with Gasteiger partial charge in [-0.05, 0) is 123 Å². The zero-order valence-electron chi connectivity index (χ0n) is 37.2. The summed E-state index contributed by atoms with van der Waals surface area (Å²) in [5.74, 6) is -0.984. The number of rotatable bonds is 11. The van der Waals surface area contributed by atoms with Crippen molar-refractivity contribution in [2.75, 3.05) is 33.7 Å². The minimum absolute atomic E-state index is 0.00104. The molecule has 0 spiro atoms. The van der Waals surface area contributed by atoms with Gasteiger partial charge in [-0.15, -0.1) is 11.3 Å². The Labute approximate surface area is 350 Å². The van der Waals surface area contributed by atoms with Crippen LogP contribution in [0.15, 0.2) is 22.7 Å². The van der Waals surface area contributed by atoms with Crippen LogP contribution in [-0.2, 0) is 19.1 Å². The van der Waals surface area contributed by atoms with Crippen LogP contribution in [0.2, 0.25) is 0 Å². The van der Waals surface area contributed by atoms with Crippen LogP contribution in [0.5, 0.6) is 0 Å². The molecule has 5 fully saturated rings. The molecule has 6 aliphatic rings. The molecule has 0 aliphatic heterocycles. The Morgan fingerprint density at radius 1 is 0.897 bits per heavy atom. The van der Waals surface area contributed by atoms with E-state index in [9.17, 15) is 29.4 Å². The van der Waals surface area contributed by atoms with Crippen molar-refractivity contribution in [3.8, 4) is 0 Å². The van der Waals surface area contributed by atoms with E-state index >= 15 is 0 Å². The maximum absolute atomic E-state index is 14.3. The second-order valence-electron chi connectivity index (χ2n) is 22.0. The van der Waals surface area contributed by atoms with Gasteiger partial charge >= 0.3 is 11.9 Å². The topological polar surface area (TPSA) is 137 Å². The van der Waals surface area contributed by atoms with Crippen LogP contribution < -0.4 is 0 Å². The average molecular weight is 822 g/mol. The summed E-state index contributed by atoms with van der Waals surface area (Å²) >= 11 is 1.32. The van der Waals surface area contributed by atoms with Gasteiger partial charge < -0.3 is 24.7 Å². The molecule has 0 radical (unpaired) electrons. The fourth-order valence-corrected chi connectivity index (χ4v) is 15.3. The van der Waals surface area contributed by atoms with E-state index in [1.807, 2.05) is 38.2 Å². The summed E-state index contributed by atoms with van der Waals surface area (Å²) < 4.78 is 6.43. The number of ether oxygens (including phenoxy) is 1. The lowest BCUT2D eigenvalue weighted by molar-refractivity contribution is -0.238. The van der Waals surface area contributed by atoms with Crippen LogP contribution in [-0.4, -0.2) is 94.6 Å². The Balaban J connectivity index is 1.16. The summed E-state index contributed by atoms with van der Waals surface area (Å²) in [6.45, 7) is 21.5. The summed E-state index contributed by atoms with van der Waals surface area (Å²) in [6.07, 6.45) is 8.71. The van der Waals surface area contributed by atoms with E-state index in [-0.39, 0.29) is 63.8 Å². The average Bonchev–Trinajstić information content (AvgIpc) is 3.77. The Morgan fingerprint density at radius 2 is 1.60 bits per heavy atom. The number of fused-ring (bicyclic) bond motifs is 7. The summed E-state index contributed by atoms with van der Waals surface area (Å²) in [5.41, 5.74) is 0.518. The highest BCUT2D eigenvalue weighted by atomic mass is 32.1. The first-order valence-electron chi connectivity index (χ1n) is 22.2. The Bertz CT molecular complexity index is 1840. The van der Waals surface area contributed by atoms with Crippen molar-refractivity contribution < 1.29 is 34.1 Å². The molecule has 5 saturated carbocycles. The zero-order valence-corrected chi connectivity index (χ0v) is 38.0. The number of hydrogen-bond acceptors (Lipinski definition) is 9. The van der Waals surface area contributed by atoms with Gasteiger partial charge in [0.1, 0.15) is 6.10 Å². The molecule has 0 bridgehead atoms. The molecule has 11 atom stereocenters. The van der Waals surface area contributed by atoms with Crippen LogP contribution in [0, 0.1) is 68.0 Å². The molecule has 10 nitrogen and oxygen atoms in total. The number of aliphatic hydroxyl groups excluding tert-OH is 1. The van der Waals surface area contributed by atoms with Crippen molar-refractivity contribution in [1.82, 2.24) is 14.8 Å². The number of nitrogens with zero attached hydrogens (tertiary/aromatic N) is 3. The number of allylic oxidation sites excluding steroid dienone is 1. The van der Waals surface area contributed by atoms with E-state index in [0.717, 1.165) is 56.9 Å². The van der Waals surface area contributed by atoms with Gasteiger partial charge in [0.2, 0.25) is 0 Å². The quantitative estimate of drug-likeness (QED) is 0.212. The number of carbonyl (C=O) groups is 4. The number of carboxylic acid groups (broad SMARTS) is 1. The minimum Gasteiger partial charge on any atom is -0.481 e. The number of aliphatic carboxylic acids is 1. The molecule has 0 saturated heterocycles. The molecule has 58 heavy (non-hydrogen) atoms. The standard InChI is InChI=1S/C47H71N3O7S/c1-27(2)36-31(51)25-47(34(52)26-50(22-21-49(10)11)39(53)38-48-20-23-58-38)19-18-45(8)28(37(36)47)12-13-33-44(7)16-15-35(43(5,6)32(44)14-17-46(33,45)9)57-41(56)30-24-29(40(54)55)42(30,3)4/h20,23,27-30,32-35,52H,12-19,21-22,24-26H2,1-11H3,(H,54,55)/t28-,29+,30-,32+,33-,34+,35+,44+,45-,46-,47+/m1/s1. The lowest BCUT2D eigenvalue weighted by Gasteiger charge is -2.72. The van der Waals surface area contributed by atoms with E-state index in [0.29, 0.717) is 42.8 Å². The van der Waals surface area contributed by atoms with Crippen molar-refractivity contribution in [1.29, 1.82) is 0 Å². The van der Waals surface area contributed by atoms with Crippen molar-refractivity contribution in [2.45, 2.75) is 139 Å². The number of carboxylic acids is 1. The Hall–Kier alpha value is -2.63. The molecule has 1 amide bonds. The first kappa shape index (κ1) is 43.5. The third kappa shape index (κ3) is 6.39. The number of hydrogen-bond donors (Lipinski definition) is 2. The summed E-state index contributed by atoms with van der Waals surface area (Å²) in [4.78, 5) is 61.7. The fourth-order valence-electron chi connectivity index (χ4n) is 14.7. The molecule has 1 aromatic rings. The second kappa shape index (κ2) is 14.8. The van der Waals surface area contributed by atoms with Crippen LogP contribution in [0.1, 0.15) is 136 Å². The van der Waals surface area contributed by atoms with E-state index in [1.165, 1.54) is 16.9 Å². The highest BCUT2D eigenvalue weighted by molar-refractivity contribution is 7.11. The van der Waals surface area contributed by atoms with Gasteiger partial charge in [0.15, 0.2) is 10.8 Å². The SMILES string of the molecule is CC(C)C1=C2[C@H]3CC[C@@H]4[C@@]5(C)CC[C@H](OC(=O)[C@H]6C[C@@H](C(=O)O)C6(C)C)C(C)(C)[C@@H]5CC[C@@]4(C)[C@]3(C)CC[C@@]2([C@@H](O)CN(CCN(C)C)C(=O)c2nccs2)CC1=O. The molecule has 6 aliphatic carbocycles. The number of thiazole rings is 1. The maximum atomic E-state index is 14.3. The largest absolute Gasteiger partial charge is 0.481 e. The highest BCUT2D eigenvalue weighted by Gasteiger charge is 2.71. The van der Waals surface area contributed by atoms with Crippen LogP contribution >= 0.6 is 11.3 Å². The van der Waals surface area contributed by atoms with Crippen LogP contribution in [0.4, 0.5) is 0 Å². The smallest absolute Gasteiger partial charge is 0.309 e. The highest BCUT2D eigenvalue weighted by Crippen LogP contribution is 2.77. The van der Waals surface area contributed by atoms with Crippen molar-refractivity contribution >= 4 is 35.0 Å². The maximum Gasteiger partial charge on any atom is 0.309 e. The first-order chi connectivity index (χ1) is 27.0. The lowest BCUT2D eigenvalue weighted by atomic mass is 9.33. The van der Waals surface area contributed by atoms with E-state index in [2.05, 4.69) is 53.5 Å². The van der Waals surface area contributed by atoms with Crippen molar-refractivity contribution in [2.24, 2.45) is 68.0 Å². The van der Waals surface area contributed by atoms with Gasteiger partial charge in [0, 0.05) is 48.5 Å². The van der Waals surface area contributed by atoms with E-state index < -0.39 is 34.7 Å². The molecular weight excluding hydrogens is 751 g/mol. The molecule has 322 valence electrons. The molecule has 1 aromatic heterocycles. The third-order valence-corrected chi connectivity index (χ3v) is 19.0. The van der Waals surface area contributed by atoms with Crippen molar-refractivity contribution in [3.63, 3.8) is 0 Å². The fraction of sp³-hybridized carbons (Fsp3) is 0.809. The van der Waals surface area contributed by atoms with Crippen LogP contribution in [0.25, 0.3) is 0 Å². The lowest BCUT2D eigenvalue weighted by Crippen LogP contribution is -2.66. The predicted octanol–water partition coefficient (Wildman–Crippen LogP) is 8.15. The molecule has 7 rings (SSSR count). The molecule has 2 N–H and O–H groups in total. The molecular formula is C47H71N3O7S. The normalized spacial score (nSPS) is 39.2. The molecule has 0 aromatic carbocycles. The van der Waals surface area contributed by atoms with Gasteiger partial charge in [-0.25, -0.2) is 4.98 Å². The van der Waals surface area contributed by atoms with E-state index in [1.54, 1.807) is 11.1 Å². The number of aromatic nitrogens is 1. The van der Waals surface area contributed by atoms with Gasteiger partial charge in [0.25, 0.3) is 5.91 Å². The number of esters is 1. The molecule has 1 heterocycles. The Kier molecular flexibility index (Phi) is 11.1. The zero-order chi connectivity index (χ0) is 42.5. The number of Topliss-reactive ketones (excluding diaryl/α,β-unsaturated/α-hetero) is 1. The number of ketones is 1. The van der Waals surface area contributed by atoms with Gasteiger partial charge in [-0.2, -0.15) is 0 Å².